The number of nitrogens with zero attached hydrogens (tertiary/aromatic N) is 2. The smallest absolute Gasteiger partial charge is 0.264 e. The van der Waals surface area contributed by atoms with Crippen molar-refractivity contribution in [2.75, 3.05) is 26.8 Å². The molecule has 0 aliphatic rings. The fraction of sp³-hybridized carbons (Fsp3) is 0.455. The van der Waals surface area contributed by atoms with Crippen molar-refractivity contribution in [2.24, 2.45) is 0 Å². The molecule has 1 heterocycles. The molecule has 0 spiro atoms. The zero-order valence-corrected chi connectivity index (χ0v) is 11.3. The van der Waals surface area contributed by atoms with E-state index in [1.807, 2.05) is 11.4 Å². The van der Waals surface area contributed by atoms with Crippen LogP contribution < -0.4 is 0 Å². The van der Waals surface area contributed by atoms with Crippen LogP contribution in [-0.2, 0) is 4.74 Å². The van der Waals surface area contributed by atoms with Gasteiger partial charge in [-0.05, 0) is 6.07 Å². The van der Waals surface area contributed by atoms with Crippen molar-refractivity contribution in [2.45, 2.75) is 11.3 Å². The van der Waals surface area contributed by atoms with E-state index in [1.165, 1.54) is 11.3 Å². The molecule has 0 saturated heterocycles. The van der Waals surface area contributed by atoms with Gasteiger partial charge in [-0.25, -0.2) is 0 Å². The third-order valence-corrected chi connectivity index (χ3v) is 3.49. The molecule has 0 saturated carbocycles. The lowest BCUT2D eigenvalue weighted by Gasteiger charge is -2.20. The molecule has 17 heavy (non-hydrogen) atoms. The predicted octanol–water partition coefficient (Wildman–Crippen LogP) is 2.04. The van der Waals surface area contributed by atoms with Crippen LogP contribution in [-0.4, -0.2) is 37.6 Å². The molecule has 0 aromatic carbocycles. The van der Waals surface area contributed by atoms with E-state index >= 15 is 0 Å². The minimum Gasteiger partial charge on any atom is -0.383 e. The molecule has 0 radical (unpaired) electrons. The Morgan fingerprint density at radius 3 is 2.94 bits per heavy atom. The van der Waals surface area contributed by atoms with Crippen molar-refractivity contribution in [1.82, 2.24) is 4.90 Å². The molecule has 1 amide bonds. The fourth-order valence-corrected chi connectivity index (χ4v) is 2.41. The lowest BCUT2D eigenvalue weighted by atomic mass is 10.3. The second kappa shape index (κ2) is 7.33. The second-order valence-electron chi connectivity index (χ2n) is 3.36. The van der Waals surface area contributed by atoms with E-state index in [1.54, 1.807) is 18.1 Å². The van der Waals surface area contributed by atoms with Gasteiger partial charge in [-0.2, -0.15) is 5.26 Å². The van der Waals surface area contributed by atoms with Crippen LogP contribution in [0.4, 0.5) is 0 Å². The number of amides is 1. The highest BCUT2D eigenvalue weighted by Crippen LogP contribution is 2.19. The number of thiophene rings is 1. The maximum absolute atomic E-state index is 12.1. The lowest BCUT2D eigenvalue weighted by Crippen LogP contribution is -2.34. The van der Waals surface area contributed by atoms with Crippen LogP contribution in [0.2, 0.25) is 0 Å². The van der Waals surface area contributed by atoms with Crippen LogP contribution in [0.5, 0.6) is 0 Å². The van der Waals surface area contributed by atoms with Gasteiger partial charge in [0.2, 0.25) is 0 Å². The first-order valence-corrected chi connectivity index (χ1v) is 6.44. The van der Waals surface area contributed by atoms with Gasteiger partial charge in [0, 0.05) is 30.5 Å². The number of thiol groups is 1. The van der Waals surface area contributed by atoms with Crippen LogP contribution in [0.25, 0.3) is 0 Å². The molecule has 92 valence electrons. The molecule has 1 rings (SSSR count). The number of rotatable bonds is 6. The predicted molar refractivity (Wildman–Crippen MR) is 69.6 cm³/mol. The minimum absolute atomic E-state index is 0.0670. The van der Waals surface area contributed by atoms with Crippen LogP contribution >= 0.6 is 24.0 Å². The van der Waals surface area contributed by atoms with Crippen LogP contribution in [0.3, 0.4) is 0 Å². The van der Waals surface area contributed by atoms with Crippen molar-refractivity contribution in [3.8, 4) is 6.07 Å². The summed E-state index contributed by atoms with van der Waals surface area (Å²) in [4.78, 5) is 15.2. The number of methoxy groups -OCH3 is 1. The molecule has 0 N–H and O–H groups in total. The maximum atomic E-state index is 12.1. The van der Waals surface area contributed by atoms with Gasteiger partial charge < -0.3 is 9.64 Å². The lowest BCUT2D eigenvalue weighted by molar-refractivity contribution is 0.0704. The summed E-state index contributed by atoms with van der Waals surface area (Å²) >= 11 is 5.53. The topological polar surface area (TPSA) is 53.3 Å². The number of hydrogen-bond donors (Lipinski definition) is 1. The molecule has 4 nitrogen and oxygen atoms in total. The van der Waals surface area contributed by atoms with E-state index in [-0.39, 0.29) is 5.91 Å². The number of carbonyl (C=O) groups excluding carboxylic acids is 1. The molecule has 6 heteroatoms. The highest BCUT2D eigenvalue weighted by atomic mass is 32.1. The van der Waals surface area contributed by atoms with Gasteiger partial charge in [-0.1, -0.05) is 0 Å². The molecular formula is C11H14N2O2S2. The molecule has 0 fully saturated rings. The summed E-state index contributed by atoms with van der Waals surface area (Å²) in [6.45, 7) is 1.39. The molecule has 0 aliphatic heterocycles. The Bertz CT molecular complexity index is 412. The molecule has 0 atom stereocenters. The number of carbonyl (C=O) groups is 1. The standard InChI is InChI=1S/C11H14N2O2S2/c1-15-6-5-13(4-2-3-12)11(14)10-7-9(16)8-17-10/h7-8,16H,2,4-6H2,1H3. The van der Waals surface area contributed by atoms with Crippen LogP contribution in [0.15, 0.2) is 16.3 Å². The summed E-state index contributed by atoms with van der Waals surface area (Å²) in [5, 5.41) is 10.4. The van der Waals surface area contributed by atoms with Gasteiger partial charge in [0.05, 0.1) is 24.0 Å². The Hall–Kier alpha value is -1.03. The van der Waals surface area contributed by atoms with E-state index in [9.17, 15) is 4.79 Å². The van der Waals surface area contributed by atoms with Crippen molar-refractivity contribution in [3.63, 3.8) is 0 Å². The number of ether oxygens (including phenoxy) is 1. The molecule has 1 aromatic rings. The highest BCUT2D eigenvalue weighted by Gasteiger charge is 2.16. The monoisotopic (exact) mass is 270 g/mol. The van der Waals surface area contributed by atoms with Crippen LogP contribution in [0.1, 0.15) is 16.1 Å². The summed E-state index contributed by atoms with van der Waals surface area (Å²) in [5.41, 5.74) is 0. The Balaban J connectivity index is 2.68. The maximum Gasteiger partial charge on any atom is 0.264 e. The molecule has 0 bridgehead atoms. The largest absolute Gasteiger partial charge is 0.383 e. The third kappa shape index (κ3) is 4.38. The normalized spacial score (nSPS) is 9.94. The van der Waals surface area contributed by atoms with E-state index in [4.69, 9.17) is 10.00 Å². The SMILES string of the molecule is COCCN(CCC#N)C(=O)c1cc(S)cs1. The van der Waals surface area contributed by atoms with Gasteiger partial charge >= 0.3 is 0 Å². The average Bonchev–Trinajstić information content (AvgIpc) is 2.75. The summed E-state index contributed by atoms with van der Waals surface area (Å²) < 4.78 is 4.96. The van der Waals surface area contributed by atoms with E-state index in [2.05, 4.69) is 12.6 Å². The van der Waals surface area contributed by atoms with Gasteiger partial charge in [0.1, 0.15) is 0 Å². The Labute approximate surface area is 110 Å². The van der Waals surface area contributed by atoms with Crippen molar-refractivity contribution >= 4 is 29.9 Å². The molecular weight excluding hydrogens is 256 g/mol. The van der Waals surface area contributed by atoms with Gasteiger partial charge in [0.15, 0.2) is 0 Å². The zero-order chi connectivity index (χ0) is 12.7. The summed E-state index contributed by atoms with van der Waals surface area (Å²) in [6.07, 6.45) is 0.328. The Kier molecular flexibility index (Phi) is 6.05. The van der Waals surface area contributed by atoms with Crippen molar-refractivity contribution in [3.05, 3.63) is 16.3 Å². The number of nitriles is 1. The average molecular weight is 270 g/mol. The molecule has 1 aromatic heterocycles. The molecule has 0 aliphatic carbocycles. The summed E-state index contributed by atoms with van der Waals surface area (Å²) in [5.74, 6) is -0.0670. The zero-order valence-electron chi connectivity index (χ0n) is 9.55. The van der Waals surface area contributed by atoms with E-state index in [0.29, 0.717) is 31.0 Å². The van der Waals surface area contributed by atoms with Crippen LogP contribution in [0, 0.1) is 11.3 Å². The Morgan fingerprint density at radius 2 is 2.41 bits per heavy atom. The first-order valence-electron chi connectivity index (χ1n) is 5.11. The highest BCUT2D eigenvalue weighted by molar-refractivity contribution is 7.80. The minimum atomic E-state index is -0.0670. The van der Waals surface area contributed by atoms with Gasteiger partial charge in [0.25, 0.3) is 5.91 Å². The fourth-order valence-electron chi connectivity index (χ4n) is 1.30. The first-order chi connectivity index (χ1) is 8.19. The number of hydrogen-bond acceptors (Lipinski definition) is 5. The summed E-state index contributed by atoms with van der Waals surface area (Å²) in [7, 11) is 1.59. The second-order valence-corrected chi connectivity index (χ2v) is 4.79. The third-order valence-electron chi connectivity index (χ3n) is 2.14. The van der Waals surface area contributed by atoms with Gasteiger partial charge in [-0.15, -0.1) is 24.0 Å². The molecule has 0 unspecified atom stereocenters. The van der Waals surface area contributed by atoms with E-state index in [0.717, 1.165) is 4.90 Å². The summed E-state index contributed by atoms with van der Waals surface area (Å²) in [6, 6.07) is 3.78. The first kappa shape index (κ1) is 14.0. The van der Waals surface area contributed by atoms with Crippen molar-refractivity contribution < 1.29 is 9.53 Å². The van der Waals surface area contributed by atoms with Crippen molar-refractivity contribution in [1.29, 1.82) is 5.26 Å². The van der Waals surface area contributed by atoms with E-state index < -0.39 is 0 Å². The Morgan fingerprint density at radius 1 is 1.65 bits per heavy atom. The van der Waals surface area contributed by atoms with Gasteiger partial charge in [-0.3, -0.25) is 4.79 Å². The quantitative estimate of drug-likeness (QED) is 0.805.